The molecule has 2 nitrogen and oxygen atoms in total. The van der Waals surface area contributed by atoms with E-state index in [4.69, 9.17) is 7.55 Å². The van der Waals surface area contributed by atoms with E-state index >= 15 is 0 Å². The number of ether oxygens (including phenoxy) is 1. The van der Waals surface area contributed by atoms with E-state index in [1.807, 2.05) is 6.92 Å². The van der Waals surface area contributed by atoms with E-state index in [1.165, 1.54) is 0 Å². The topological polar surface area (TPSA) is 18.5 Å². The molecule has 7 heavy (non-hydrogen) atoms. The molecule has 0 saturated heterocycles. The molecule has 0 aliphatic rings. The van der Waals surface area contributed by atoms with E-state index in [0.29, 0.717) is 0 Å². The van der Waals surface area contributed by atoms with Crippen LogP contribution in [0.1, 0.15) is 6.92 Å². The normalized spacial score (nSPS) is 9.43. The van der Waals surface area contributed by atoms with E-state index < -0.39 is 0 Å². The molecule has 0 aliphatic carbocycles. The van der Waals surface area contributed by atoms with Crippen LogP contribution in [0.4, 0.5) is 0 Å². The summed E-state index contributed by atoms with van der Waals surface area (Å²) in [5.74, 6) is 0. The zero-order valence-electron chi connectivity index (χ0n) is 4.39. The van der Waals surface area contributed by atoms with Gasteiger partial charge in [-0.2, -0.15) is 0 Å². The fraction of sp³-hybridized carbons (Fsp3) is 1.00. The molecular weight excluding hydrogens is 289 g/mol. The van der Waals surface area contributed by atoms with E-state index in [-0.39, 0.29) is 0 Å². The molecule has 0 aromatic heterocycles. The Balaban J connectivity index is 2.45. The summed E-state index contributed by atoms with van der Waals surface area (Å²) >= 11 is 0.994. The van der Waals surface area contributed by atoms with Gasteiger partial charge >= 0.3 is 59.5 Å². The third kappa shape index (κ3) is 6.80. The Kier molecular flexibility index (Phi) is 7.58. The van der Waals surface area contributed by atoms with E-state index in [9.17, 15) is 0 Å². The first-order valence-electron chi connectivity index (χ1n) is 2.26. The van der Waals surface area contributed by atoms with Crippen molar-refractivity contribution in [3.05, 3.63) is 0 Å². The van der Waals surface area contributed by atoms with Crippen molar-refractivity contribution in [2.75, 3.05) is 19.8 Å². The summed E-state index contributed by atoms with van der Waals surface area (Å²) < 4.78 is 9.80. The van der Waals surface area contributed by atoms with Crippen molar-refractivity contribution >= 4 is 25.2 Å². The number of rotatable bonds is 4. The van der Waals surface area contributed by atoms with Gasteiger partial charge in [-0.1, -0.05) is 0 Å². The van der Waals surface area contributed by atoms with Crippen LogP contribution < -0.4 is 0 Å². The molecule has 0 aliphatic heterocycles. The first kappa shape index (κ1) is 7.80. The van der Waals surface area contributed by atoms with Crippen LogP contribution >= 0.6 is 0 Å². The SMILES string of the molecule is CCOCC[O][Bi]. The Morgan fingerprint density at radius 1 is 1.43 bits per heavy atom. The molecule has 0 spiro atoms. The van der Waals surface area contributed by atoms with E-state index in [1.54, 1.807) is 0 Å². The maximum atomic E-state index is 4.97. The summed E-state index contributed by atoms with van der Waals surface area (Å²) in [4.78, 5) is 0. The van der Waals surface area contributed by atoms with Crippen molar-refractivity contribution in [1.29, 1.82) is 0 Å². The quantitative estimate of drug-likeness (QED) is 0.542. The maximum absolute atomic E-state index is 4.97. The van der Waals surface area contributed by atoms with Gasteiger partial charge in [-0.25, -0.2) is 0 Å². The average Bonchev–Trinajstić information content (AvgIpc) is 1.69. The minimum absolute atomic E-state index is 0.743. The van der Waals surface area contributed by atoms with Gasteiger partial charge in [0.05, 0.1) is 0 Å². The second kappa shape index (κ2) is 6.80. The molecule has 0 amide bonds. The van der Waals surface area contributed by atoms with Gasteiger partial charge in [0.15, 0.2) is 0 Å². The molecule has 0 rings (SSSR count). The van der Waals surface area contributed by atoms with Gasteiger partial charge in [0.2, 0.25) is 0 Å². The van der Waals surface area contributed by atoms with Crippen LogP contribution in [0.15, 0.2) is 0 Å². The summed E-state index contributed by atoms with van der Waals surface area (Å²) in [6.07, 6.45) is 0. The molecule has 3 heteroatoms. The van der Waals surface area contributed by atoms with Crippen LogP contribution in [0, 0.1) is 0 Å². The summed E-state index contributed by atoms with van der Waals surface area (Å²) in [5.41, 5.74) is 0. The monoisotopic (exact) mass is 298 g/mol. The van der Waals surface area contributed by atoms with E-state index in [2.05, 4.69) is 0 Å². The Morgan fingerprint density at radius 3 is 2.57 bits per heavy atom. The molecule has 0 atom stereocenters. The molecule has 0 aromatic carbocycles. The van der Waals surface area contributed by atoms with E-state index in [0.717, 1.165) is 45.0 Å². The van der Waals surface area contributed by atoms with Crippen molar-refractivity contribution in [3.63, 3.8) is 0 Å². The zero-order chi connectivity index (χ0) is 5.54. The molecule has 0 fully saturated rings. The van der Waals surface area contributed by atoms with Gasteiger partial charge in [-0.3, -0.25) is 0 Å². The number of hydrogen-bond acceptors (Lipinski definition) is 2. The minimum atomic E-state index is 0.743. The van der Waals surface area contributed by atoms with Crippen LogP contribution in [0.5, 0.6) is 0 Å². The van der Waals surface area contributed by atoms with Gasteiger partial charge < -0.3 is 0 Å². The zero-order valence-corrected chi connectivity index (χ0v) is 7.86. The molecule has 42 valence electrons. The number of hydrogen-bond donors (Lipinski definition) is 0. The predicted molar refractivity (Wildman–Crippen MR) is 28.2 cm³/mol. The first-order valence-corrected chi connectivity index (χ1v) is 3.68. The summed E-state index contributed by atoms with van der Waals surface area (Å²) in [6.45, 7) is 4.27. The molecule has 0 unspecified atom stereocenters. The molecule has 0 saturated carbocycles. The Morgan fingerprint density at radius 2 is 2.14 bits per heavy atom. The second-order valence-corrected chi connectivity index (χ2v) is 2.03. The third-order valence-electron chi connectivity index (χ3n) is 0.523. The Hall–Kier alpha value is 0.803. The molecular formula is C4H9BiO2. The van der Waals surface area contributed by atoms with Gasteiger partial charge in [0.1, 0.15) is 0 Å². The molecule has 0 bridgehead atoms. The van der Waals surface area contributed by atoms with Gasteiger partial charge in [-0.05, 0) is 0 Å². The van der Waals surface area contributed by atoms with Crippen molar-refractivity contribution in [3.8, 4) is 0 Å². The van der Waals surface area contributed by atoms with Gasteiger partial charge in [0, 0.05) is 0 Å². The van der Waals surface area contributed by atoms with Crippen molar-refractivity contribution in [2.45, 2.75) is 6.92 Å². The van der Waals surface area contributed by atoms with Crippen molar-refractivity contribution < 1.29 is 7.55 Å². The fourth-order valence-electron chi connectivity index (χ4n) is 0.241. The van der Waals surface area contributed by atoms with Gasteiger partial charge in [-0.15, -0.1) is 0 Å². The van der Waals surface area contributed by atoms with Crippen LogP contribution in [0.25, 0.3) is 0 Å². The molecule has 0 heterocycles. The molecule has 0 N–H and O–H groups in total. The third-order valence-corrected chi connectivity index (χ3v) is 1.23. The van der Waals surface area contributed by atoms with Crippen LogP contribution in [-0.4, -0.2) is 45.0 Å². The van der Waals surface area contributed by atoms with Crippen molar-refractivity contribution in [2.24, 2.45) is 0 Å². The van der Waals surface area contributed by atoms with Crippen molar-refractivity contribution in [1.82, 2.24) is 0 Å². The fourth-order valence-corrected chi connectivity index (χ4v) is 0.530. The summed E-state index contributed by atoms with van der Waals surface area (Å²) in [5, 5.41) is 0. The Bertz CT molecular complexity index is 28.9. The second-order valence-electron chi connectivity index (χ2n) is 1.03. The van der Waals surface area contributed by atoms with Crippen LogP contribution in [-0.2, 0) is 7.55 Å². The average molecular weight is 298 g/mol. The summed E-state index contributed by atoms with van der Waals surface area (Å²) in [6, 6.07) is 0. The summed E-state index contributed by atoms with van der Waals surface area (Å²) in [7, 11) is 0. The predicted octanol–water partition coefficient (Wildman–Crippen LogP) is 0.123. The Labute approximate surface area is 59.7 Å². The standard InChI is InChI=1S/C4H9O2.Bi/c1-2-6-4-3-5;/h2-4H2,1H3;/q-1;+1. The molecule has 0 aromatic rings. The van der Waals surface area contributed by atoms with Crippen LogP contribution in [0.2, 0.25) is 0 Å². The molecule has 2 radical (unpaired) electrons. The van der Waals surface area contributed by atoms with Crippen LogP contribution in [0.3, 0.4) is 0 Å². The van der Waals surface area contributed by atoms with Gasteiger partial charge in [0.25, 0.3) is 0 Å². The first-order chi connectivity index (χ1) is 3.41.